The smallest absolute Gasteiger partial charge is 0.105 e. The molecule has 67 valence electrons. The Kier molecular flexibility index (Phi) is 5.35. The molecular weight excluding hydrogens is 150 g/mol. The van der Waals surface area contributed by atoms with Crippen molar-refractivity contribution in [2.45, 2.75) is 5.54 Å². The summed E-state index contributed by atoms with van der Waals surface area (Å²) in [4.78, 5) is 0. The molecule has 0 atom stereocenters. The fourth-order valence-electron chi connectivity index (χ4n) is 0.587. The van der Waals surface area contributed by atoms with Gasteiger partial charge in [-0.25, -0.2) is 5.32 Å². The van der Waals surface area contributed by atoms with Crippen molar-refractivity contribution in [2.75, 3.05) is 33.0 Å². The summed E-state index contributed by atoms with van der Waals surface area (Å²) >= 11 is 0. The predicted octanol–water partition coefficient (Wildman–Crippen LogP) is -2.70. The van der Waals surface area contributed by atoms with Crippen LogP contribution in [0.3, 0.4) is 0 Å². The Morgan fingerprint density at radius 1 is 0.909 bits per heavy atom. The highest BCUT2D eigenvalue weighted by Gasteiger charge is 2.28. The lowest BCUT2D eigenvalue weighted by atomic mass is 10.0. The Bertz CT molecular complexity index is 86.3. The van der Waals surface area contributed by atoms with E-state index in [1.165, 1.54) is 0 Å². The van der Waals surface area contributed by atoms with E-state index >= 15 is 0 Å². The zero-order valence-electron chi connectivity index (χ0n) is 6.27. The molecule has 5 heteroatoms. The molecule has 0 amide bonds. The van der Waals surface area contributed by atoms with Crippen molar-refractivity contribution in [2.24, 2.45) is 0 Å². The molecule has 4 N–H and O–H groups in total. The maximum absolute atomic E-state index is 8.71. The average Bonchev–Trinajstić information content (AvgIpc) is 2.08. The van der Waals surface area contributed by atoms with E-state index < -0.39 is 25.4 Å². The van der Waals surface area contributed by atoms with Gasteiger partial charge >= 0.3 is 0 Å². The number of aliphatic hydroxyl groups is 4. The fourth-order valence-corrected chi connectivity index (χ4v) is 0.587. The van der Waals surface area contributed by atoms with Gasteiger partial charge in [-0.2, -0.15) is 0 Å². The Labute approximate surface area is 65.3 Å². The van der Waals surface area contributed by atoms with Crippen LogP contribution in [-0.4, -0.2) is 58.9 Å². The lowest BCUT2D eigenvalue weighted by molar-refractivity contribution is 0.0370. The second-order valence-electron chi connectivity index (χ2n) is 2.30. The van der Waals surface area contributed by atoms with E-state index in [0.717, 1.165) is 0 Å². The van der Waals surface area contributed by atoms with Gasteiger partial charge in [0.25, 0.3) is 0 Å². The second-order valence-corrected chi connectivity index (χ2v) is 2.30. The number of aliphatic hydroxyl groups excluding tert-OH is 4. The van der Waals surface area contributed by atoms with E-state index in [-0.39, 0.29) is 13.2 Å². The van der Waals surface area contributed by atoms with Crippen molar-refractivity contribution >= 4 is 0 Å². The van der Waals surface area contributed by atoms with E-state index in [9.17, 15) is 0 Å². The molecule has 0 aromatic heterocycles. The van der Waals surface area contributed by atoms with Gasteiger partial charge in [-0.1, -0.05) is 0 Å². The monoisotopic (exact) mass is 164 g/mol. The summed E-state index contributed by atoms with van der Waals surface area (Å²) in [6.45, 7) is -1.29. The summed E-state index contributed by atoms with van der Waals surface area (Å²) in [5.74, 6) is 0. The zero-order valence-corrected chi connectivity index (χ0v) is 6.27. The topological polar surface area (TPSA) is 95.0 Å². The van der Waals surface area contributed by atoms with Gasteiger partial charge in [-0.05, 0) is 0 Å². The lowest BCUT2D eigenvalue weighted by Crippen LogP contribution is -2.51. The molecule has 0 spiro atoms. The summed E-state index contributed by atoms with van der Waals surface area (Å²) in [7, 11) is 0. The van der Waals surface area contributed by atoms with Gasteiger partial charge < -0.3 is 20.4 Å². The number of hydrogen-bond acceptors (Lipinski definition) is 4. The summed E-state index contributed by atoms with van der Waals surface area (Å²) in [6, 6.07) is 0. The minimum atomic E-state index is -1.19. The maximum Gasteiger partial charge on any atom is 0.105 e. The van der Waals surface area contributed by atoms with Crippen LogP contribution in [0.1, 0.15) is 0 Å². The lowest BCUT2D eigenvalue weighted by Gasteiger charge is -2.26. The molecule has 0 aliphatic carbocycles. The van der Waals surface area contributed by atoms with Crippen molar-refractivity contribution in [3.8, 4) is 0 Å². The number of rotatable bonds is 6. The minimum Gasteiger partial charge on any atom is -0.395 e. The van der Waals surface area contributed by atoms with Crippen LogP contribution >= 0.6 is 0 Å². The van der Waals surface area contributed by atoms with E-state index in [0.29, 0.717) is 0 Å². The molecule has 0 aliphatic heterocycles. The maximum atomic E-state index is 8.71. The molecule has 0 fully saturated rings. The Balaban J connectivity index is 3.84. The Morgan fingerprint density at radius 3 is 1.64 bits per heavy atom. The van der Waals surface area contributed by atoms with Gasteiger partial charge in [0.2, 0.25) is 0 Å². The predicted molar refractivity (Wildman–Crippen MR) is 38.1 cm³/mol. The minimum absolute atomic E-state index is 0.113. The van der Waals surface area contributed by atoms with Crippen LogP contribution in [0.25, 0.3) is 0 Å². The summed E-state index contributed by atoms with van der Waals surface area (Å²) < 4.78 is 0. The molecule has 0 heterocycles. The Hall–Kier alpha value is -0.200. The van der Waals surface area contributed by atoms with Crippen molar-refractivity contribution in [1.29, 1.82) is 0 Å². The summed E-state index contributed by atoms with van der Waals surface area (Å²) in [5, 5.41) is 38.2. The molecule has 0 unspecified atom stereocenters. The average molecular weight is 164 g/mol. The normalized spacial score (nSPS) is 12.0. The van der Waals surface area contributed by atoms with Crippen LogP contribution in [0, 0.1) is 0 Å². The molecule has 11 heavy (non-hydrogen) atoms. The van der Waals surface area contributed by atoms with Crippen LogP contribution in [0.4, 0.5) is 0 Å². The van der Waals surface area contributed by atoms with Crippen molar-refractivity contribution < 1.29 is 20.4 Å². The third-order valence-corrected chi connectivity index (χ3v) is 1.43. The molecule has 0 rings (SSSR count). The molecular formula is C6H14NO4. The van der Waals surface area contributed by atoms with Crippen LogP contribution in [0.5, 0.6) is 0 Å². The third kappa shape index (κ3) is 3.13. The summed E-state index contributed by atoms with van der Waals surface area (Å²) in [6.07, 6.45) is 0. The van der Waals surface area contributed by atoms with E-state index in [4.69, 9.17) is 20.4 Å². The molecule has 1 radical (unpaired) electrons. The third-order valence-electron chi connectivity index (χ3n) is 1.43. The molecule has 0 aromatic carbocycles. The van der Waals surface area contributed by atoms with Gasteiger partial charge in [0, 0.05) is 6.54 Å². The molecule has 5 nitrogen and oxygen atoms in total. The van der Waals surface area contributed by atoms with Gasteiger partial charge in [-0.15, -0.1) is 0 Å². The first-order valence-corrected chi connectivity index (χ1v) is 3.37. The van der Waals surface area contributed by atoms with Gasteiger partial charge in [0.15, 0.2) is 0 Å². The molecule has 0 aromatic rings. The van der Waals surface area contributed by atoms with Crippen molar-refractivity contribution in [1.82, 2.24) is 5.32 Å². The molecule has 0 saturated carbocycles. The second kappa shape index (κ2) is 5.45. The quantitative estimate of drug-likeness (QED) is 0.343. The van der Waals surface area contributed by atoms with Crippen LogP contribution < -0.4 is 5.32 Å². The molecule has 0 saturated heterocycles. The highest BCUT2D eigenvalue weighted by molar-refractivity contribution is 4.85. The van der Waals surface area contributed by atoms with Crippen molar-refractivity contribution in [3.63, 3.8) is 0 Å². The number of hydrogen-bond donors (Lipinski definition) is 4. The standard InChI is InChI=1S/C6H14NO4/c8-2-1-7-6(3-9,4-10)5-11/h8-11H,1-5H2. The van der Waals surface area contributed by atoms with Crippen LogP contribution in [0.15, 0.2) is 0 Å². The first kappa shape index (κ1) is 10.8. The van der Waals surface area contributed by atoms with E-state index in [1.807, 2.05) is 0 Å². The highest BCUT2D eigenvalue weighted by Crippen LogP contribution is 2.02. The number of nitrogens with zero attached hydrogens (tertiary/aromatic N) is 1. The van der Waals surface area contributed by atoms with Crippen LogP contribution in [0.2, 0.25) is 0 Å². The van der Waals surface area contributed by atoms with E-state index in [1.54, 1.807) is 0 Å². The van der Waals surface area contributed by atoms with Gasteiger partial charge in [0.1, 0.15) is 5.54 Å². The summed E-state index contributed by atoms with van der Waals surface area (Å²) in [5.41, 5.74) is -1.19. The van der Waals surface area contributed by atoms with Crippen LogP contribution in [-0.2, 0) is 0 Å². The first-order chi connectivity index (χ1) is 5.24. The zero-order chi connectivity index (χ0) is 8.74. The fraction of sp³-hybridized carbons (Fsp3) is 1.00. The van der Waals surface area contributed by atoms with Gasteiger partial charge in [-0.3, -0.25) is 0 Å². The first-order valence-electron chi connectivity index (χ1n) is 3.37. The Morgan fingerprint density at radius 2 is 1.36 bits per heavy atom. The van der Waals surface area contributed by atoms with Crippen molar-refractivity contribution in [3.05, 3.63) is 0 Å². The van der Waals surface area contributed by atoms with E-state index in [2.05, 4.69) is 5.32 Å². The van der Waals surface area contributed by atoms with Gasteiger partial charge in [0.05, 0.1) is 26.4 Å². The highest BCUT2D eigenvalue weighted by atomic mass is 16.3. The molecule has 0 aliphatic rings. The largest absolute Gasteiger partial charge is 0.395 e. The molecule has 0 bridgehead atoms. The SMILES string of the molecule is OCC[N]C(CO)(CO)CO.